The second kappa shape index (κ2) is 9.51. The van der Waals surface area contributed by atoms with Gasteiger partial charge in [0, 0.05) is 44.1 Å². The van der Waals surface area contributed by atoms with Crippen molar-refractivity contribution in [2.75, 3.05) is 31.6 Å². The van der Waals surface area contributed by atoms with Gasteiger partial charge in [-0.2, -0.15) is 0 Å². The first-order chi connectivity index (χ1) is 18.7. The number of ether oxygens (including phenoxy) is 1. The van der Waals surface area contributed by atoms with Gasteiger partial charge in [0.15, 0.2) is 11.6 Å². The average molecular weight is 537 g/mol. The number of piperidine rings is 1. The van der Waals surface area contributed by atoms with Crippen LogP contribution in [0.15, 0.2) is 23.3 Å². The molecule has 2 aliphatic heterocycles. The Morgan fingerprint density at radius 3 is 2.69 bits per heavy atom. The number of pyridine rings is 2. The lowest BCUT2D eigenvalue weighted by Crippen LogP contribution is -2.44. The fraction of sp³-hybridized carbons (Fsp3) is 0.483. The number of aryl methyl sites for hydroxylation is 1. The molecule has 9 nitrogen and oxygen atoms in total. The van der Waals surface area contributed by atoms with Gasteiger partial charge in [-0.05, 0) is 69.2 Å². The third kappa shape index (κ3) is 4.21. The number of carbonyl (C=O) groups is 1. The first-order valence-electron chi connectivity index (χ1n) is 13.5. The number of likely N-dealkylation sites (tertiary alicyclic amines) is 1. The number of fused-ring (bicyclic) bond motifs is 2. The zero-order valence-electron chi connectivity index (χ0n) is 22.4. The summed E-state index contributed by atoms with van der Waals surface area (Å²) >= 11 is 0. The number of hydrogen-bond donors (Lipinski definition) is 2. The van der Waals surface area contributed by atoms with Crippen LogP contribution in [0.25, 0.3) is 10.9 Å². The first kappa shape index (κ1) is 25.6. The van der Waals surface area contributed by atoms with Gasteiger partial charge in [0.25, 0.3) is 0 Å². The summed E-state index contributed by atoms with van der Waals surface area (Å²) in [6, 6.07) is 1.42. The highest BCUT2D eigenvalue weighted by Crippen LogP contribution is 2.45. The number of aromatic hydroxyl groups is 1. The van der Waals surface area contributed by atoms with Crippen molar-refractivity contribution in [2.45, 2.75) is 58.2 Å². The van der Waals surface area contributed by atoms with E-state index in [0.717, 1.165) is 43.4 Å². The summed E-state index contributed by atoms with van der Waals surface area (Å²) in [6.07, 6.45) is 6.98. The van der Waals surface area contributed by atoms with Crippen LogP contribution in [-0.2, 0) is 6.54 Å². The lowest BCUT2D eigenvalue weighted by atomic mass is 9.91. The predicted octanol–water partition coefficient (Wildman–Crippen LogP) is 4.00. The summed E-state index contributed by atoms with van der Waals surface area (Å²) in [7, 11) is 1.47. The number of methoxy groups -OCH3 is 1. The average Bonchev–Trinajstić information content (AvgIpc) is 3.66. The van der Waals surface area contributed by atoms with Crippen LogP contribution in [-0.4, -0.2) is 63.4 Å². The Balaban J connectivity index is 1.39. The van der Waals surface area contributed by atoms with Crippen molar-refractivity contribution in [3.8, 4) is 11.5 Å². The monoisotopic (exact) mass is 536 g/mol. The number of benzene rings is 1. The van der Waals surface area contributed by atoms with E-state index >= 15 is 4.39 Å². The van der Waals surface area contributed by atoms with Crippen molar-refractivity contribution in [2.24, 2.45) is 5.92 Å². The van der Waals surface area contributed by atoms with Gasteiger partial charge in [-0.3, -0.25) is 14.7 Å². The minimum absolute atomic E-state index is 0.0280. The number of aromatic nitrogens is 2. The van der Waals surface area contributed by atoms with Crippen LogP contribution in [0, 0.1) is 25.6 Å². The Bertz CT molecular complexity index is 1550. The number of hydrogen-bond acceptors (Lipinski definition) is 7. The van der Waals surface area contributed by atoms with E-state index in [1.165, 1.54) is 19.4 Å². The summed E-state index contributed by atoms with van der Waals surface area (Å²) < 4.78 is 23.5. The quantitative estimate of drug-likeness (QED) is 0.487. The SMILES string of the molecule is COc1c(N2C[C@@H]3CCCN(Cc4cnc(C)c(O)c4C)[C@@H]3C2)c(F)cc2c(=O)c(C(=O)O)cn(C3CC3)c12. The fourth-order valence-electron chi connectivity index (χ4n) is 6.51. The first-order valence-corrected chi connectivity index (χ1v) is 13.5. The molecule has 3 aromatic rings. The molecule has 1 aromatic carbocycles. The maximum Gasteiger partial charge on any atom is 0.341 e. The minimum atomic E-state index is -1.32. The van der Waals surface area contributed by atoms with Crippen LogP contribution < -0.4 is 15.1 Å². The predicted molar refractivity (Wildman–Crippen MR) is 144 cm³/mol. The number of rotatable bonds is 6. The van der Waals surface area contributed by atoms with Crippen LogP contribution in [0.2, 0.25) is 0 Å². The molecule has 0 radical (unpaired) electrons. The van der Waals surface area contributed by atoms with Crippen molar-refractivity contribution in [1.82, 2.24) is 14.5 Å². The van der Waals surface area contributed by atoms with E-state index in [4.69, 9.17) is 4.74 Å². The molecule has 206 valence electrons. The van der Waals surface area contributed by atoms with E-state index in [-0.39, 0.29) is 34.5 Å². The van der Waals surface area contributed by atoms with Crippen molar-refractivity contribution in [1.29, 1.82) is 0 Å². The topological polar surface area (TPSA) is 108 Å². The Morgan fingerprint density at radius 1 is 1.23 bits per heavy atom. The minimum Gasteiger partial charge on any atom is -0.506 e. The smallest absolute Gasteiger partial charge is 0.341 e. The maximum atomic E-state index is 15.9. The number of halogens is 1. The van der Waals surface area contributed by atoms with Gasteiger partial charge < -0.3 is 24.4 Å². The largest absolute Gasteiger partial charge is 0.506 e. The molecule has 0 amide bonds. The van der Waals surface area contributed by atoms with Gasteiger partial charge in [-0.15, -0.1) is 0 Å². The zero-order valence-corrected chi connectivity index (χ0v) is 22.4. The van der Waals surface area contributed by atoms with Crippen LogP contribution in [0.5, 0.6) is 11.5 Å². The standard InChI is InChI=1S/C29H33FN4O5/c1-15-18(10-31-16(2)26(15)35)12-32-8-4-5-17-11-33(14-23(17)32)25-22(30)9-20-24(28(25)39-3)34(19-6-7-19)13-21(27(20)36)29(37)38/h9-10,13,17,19,23,35H,4-8,11-12,14H2,1-3H3,(H,37,38)/t17-,23+/m0/s1. The van der Waals surface area contributed by atoms with Crippen molar-refractivity contribution in [3.63, 3.8) is 0 Å². The van der Waals surface area contributed by atoms with E-state index in [1.54, 1.807) is 11.5 Å². The molecule has 1 aliphatic carbocycles. The van der Waals surface area contributed by atoms with Gasteiger partial charge in [-0.25, -0.2) is 9.18 Å². The van der Waals surface area contributed by atoms with E-state index in [0.29, 0.717) is 42.5 Å². The third-order valence-electron chi connectivity index (χ3n) is 8.75. The molecule has 2 saturated heterocycles. The molecule has 2 N–H and O–H groups in total. The van der Waals surface area contributed by atoms with E-state index in [1.807, 2.05) is 18.0 Å². The van der Waals surface area contributed by atoms with Crippen molar-refractivity contribution >= 4 is 22.6 Å². The van der Waals surface area contributed by atoms with E-state index in [2.05, 4.69) is 9.88 Å². The molecule has 6 rings (SSSR count). The fourth-order valence-corrected chi connectivity index (χ4v) is 6.51. The summed E-state index contributed by atoms with van der Waals surface area (Å²) in [5.41, 5.74) is 2.13. The molecule has 2 aromatic heterocycles. The second-order valence-corrected chi connectivity index (χ2v) is 11.1. The molecule has 0 bridgehead atoms. The van der Waals surface area contributed by atoms with Gasteiger partial charge in [0.05, 0.1) is 23.7 Å². The Hall–Kier alpha value is -3.66. The van der Waals surface area contributed by atoms with Gasteiger partial charge >= 0.3 is 5.97 Å². The zero-order chi connectivity index (χ0) is 27.6. The van der Waals surface area contributed by atoms with Crippen molar-refractivity contribution < 1.29 is 24.1 Å². The maximum absolute atomic E-state index is 15.9. The lowest BCUT2D eigenvalue weighted by Gasteiger charge is -2.37. The molecule has 0 spiro atoms. The van der Waals surface area contributed by atoms with Crippen LogP contribution in [0.1, 0.15) is 58.9 Å². The molecule has 3 fully saturated rings. The highest BCUT2D eigenvalue weighted by Gasteiger charge is 2.41. The lowest BCUT2D eigenvalue weighted by molar-refractivity contribution is 0.0694. The van der Waals surface area contributed by atoms with Crippen LogP contribution >= 0.6 is 0 Å². The third-order valence-corrected chi connectivity index (χ3v) is 8.75. The number of aromatic carboxylic acids is 1. The summed E-state index contributed by atoms with van der Waals surface area (Å²) in [6.45, 7) is 6.49. The second-order valence-electron chi connectivity index (χ2n) is 11.1. The molecular weight excluding hydrogens is 503 g/mol. The van der Waals surface area contributed by atoms with Gasteiger partial charge in [0.1, 0.15) is 17.0 Å². The summed E-state index contributed by atoms with van der Waals surface area (Å²) in [5, 5.41) is 20.0. The number of carboxylic acids is 1. The van der Waals surface area contributed by atoms with E-state index < -0.39 is 17.2 Å². The molecule has 4 heterocycles. The number of anilines is 1. The molecule has 2 atom stereocenters. The van der Waals surface area contributed by atoms with Crippen LogP contribution in [0.3, 0.4) is 0 Å². The molecule has 39 heavy (non-hydrogen) atoms. The van der Waals surface area contributed by atoms with Crippen molar-refractivity contribution in [3.05, 3.63) is 56.9 Å². The summed E-state index contributed by atoms with van der Waals surface area (Å²) in [5.74, 6) is -1.08. The highest BCUT2D eigenvalue weighted by molar-refractivity contribution is 5.97. The highest BCUT2D eigenvalue weighted by atomic mass is 19.1. The molecule has 10 heteroatoms. The normalized spacial score (nSPS) is 21.4. The van der Waals surface area contributed by atoms with E-state index in [9.17, 15) is 19.8 Å². The van der Waals surface area contributed by atoms with Gasteiger partial charge in [0.2, 0.25) is 5.43 Å². The molecule has 0 unspecified atom stereocenters. The molecular formula is C29H33FN4O5. The number of carboxylic acid groups (broad SMARTS) is 1. The Morgan fingerprint density at radius 2 is 2.00 bits per heavy atom. The Kier molecular flexibility index (Phi) is 6.25. The molecule has 1 saturated carbocycles. The van der Waals surface area contributed by atoms with Crippen LogP contribution in [0.4, 0.5) is 10.1 Å². The van der Waals surface area contributed by atoms with Gasteiger partial charge in [-0.1, -0.05) is 0 Å². The molecule has 3 aliphatic rings. The summed E-state index contributed by atoms with van der Waals surface area (Å²) in [4.78, 5) is 33.6. The number of nitrogens with zero attached hydrogens (tertiary/aromatic N) is 4. The Labute approximate surface area is 225 Å².